The molecule has 7 heteroatoms. The highest BCUT2D eigenvalue weighted by molar-refractivity contribution is 8.01. The first kappa shape index (κ1) is 16.8. The number of anilines is 2. The molecule has 0 aliphatic rings. The topological polar surface area (TPSA) is 64.1 Å². The number of thioether (sulfide) groups is 1. The van der Waals surface area contributed by atoms with Crippen molar-refractivity contribution in [3.05, 3.63) is 29.8 Å². The molecule has 0 unspecified atom stereocenters. The second kappa shape index (κ2) is 8.14. The zero-order valence-electron chi connectivity index (χ0n) is 12.8. The second-order valence-electron chi connectivity index (χ2n) is 4.88. The smallest absolute Gasteiger partial charge is 0.316 e. The van der Waals surface area contributed by atoms with Crippen molar-refractivity contribution >= 4 is 39.9 Å². The molecule has 0 atom stereocenters. The SMILES string of the molecule is CCc1ccc(Nc2nnc(SCC(=O)OC(C)C)s2)cc1. The summed E-state index contributed by atoms with van der Waals surface area (Å²) in [6.45, 7) is 5.79. The predicted molar refractivity (Wildman–Crippen MR) is 91.0 cm³/mol. The number of carbonyl (C=O) groups is 1. The Balaban J connectivity index is 1.86. The molecule has 5 nitrogen and oxygen atoms in total. The van der Waals surface area contributed by atoms with Crippen molar-refractivity contribution in [1.82, 2.24) is 10.2 Å². The van der Waals surface area contributed by atoms with Gasteiger partial charge in [-0.3, -0.25) is 4.79 Å². The number of aromatic nitrogens is 2. The number of aryl methyl sites for hydroxylation is 1. The van der Waals surface area contributed by atoms with Crippen LogP contribution in [0, 0.1) is 0 Å². The van der Waals surface area contributed by atoms with Gasteiger partial charge in [0.2, 0.25) is 5.13 Å². The van der Waals surface area contributed by atoms with Gasteiger partial charge in [0.1, 0.15) is 0 Å². The van der Waals surface area contributed by atoms with E-state index in [-0.39, 0.29) is 17.8 Å². The van der Waals surface area contributed by atoms with Gasteiger partial charge in [-0.1, -0.05) is 42.2 Å². The lowest BCUT2D eigenvalue weighted by molar-refractivity contribution is -0.144. The Morgan fingerprint density at radius 3 is 2.68 bits per heavy atom. The van der Waals surface area contributed by atoms with Gasteiger partial charge in [0.05, 0.1) is 11.9 Å². The van der Waals surface area contributed by atoms with E-state index >= 15 is 0 Å². The average molecular weight is 337 g/mol. The molecule has 0 saturated carbocycles. The molecule has 118 valence electrons. The molecule has 2 rings (SSSR count). The van der Waals surface area contributed by atoms with Crippen LogP contribution in [-0.4, -0.2) is 28.0 Å². The van der Waals surface area contributed by atoms with Crippen LogP contribution in [0.3, 0.4) is 0 Å². The van der Waals surface area contributed by atoms with Crippen molar-refractivity contribution in [3.63, 3.8) is 0 Å². The van der Waals surface area contributed by atoms with E-state index in [1.807, 2.05) is 26.0 Å². The molecule has 0 bridgehead atoms. The standard InChI is InChI=1S/C15H19N3O2S2/c1-4-11-5-7-12(8-6-11)16-14-17-18-15(22-14)21-9-13(19)20-10(2)3/h5-8,10H,4,9H2,1-3H3,(H,16,17). The number of rotatable bonds is 7. The molecule has 0 aliphatic heterocycles. The normalized spacial score (nSPS) is 10.7. The highest BCUT2D eigenvalue weighted by Gasteiger charge is 2.10. The molecule has 0 aliphatic carbocycles. The lowest BCUT2D eigenvalue weighted by Crippen LogP contribution is -2.13. The third-order valence-electron chi connectivity index (χ3n) is 2.70. The maximum Gasteiger partial charge on any atom is 0.316 e. The van der Waals surface area contributed by atoms with Crippen molar-refractivity contribution in [2.24, 2.45) is 0 Å². The Labute approximate surface area is 138 Å². The Morgan fingerprint density at radius 2 is 2.05 bits per heavy atom. The van der Waals surface area contributed by atoms with Crippen LogP contribution < -0.4 is 5.32 Å². The second-order valence-corrected chi connectivity index (χ2v) is 7.08. The first-order valence-corrected chi connectivity index (χ1v) is 8.88. The van der Waals surface area contributed by atoms with E-state index in [2.05, 4.69) is 34.6 Å². The first-order valence-electron chi connectivity index (χ1n) is 7.08. The Bertz CT molecular complexity index is 612. The molecular formula is C15H19N3O2S2. The Kier molecular flexibility index (Phi) is 6.21. The van der Waals surface area contributed by atoms with E-state index in [0.29, 0.717) is 5.13 Å². The van der Waals surface area contributed by atoms with E-state index in [9.17, 15) is 4.79 Å². The number of hydrogen-bond acceptors (Lipinski definition) is 7. The van der Waals surface area contributed by atoms with Crippen LogP contribution in [0.1, 0.15) is 26.3 Å². The molecule has 22 heavy (non-hydrogen) atoms. The van der Waals surface area contributed by atoms with Crippen molar-refractivity contribution in [1.29, 1.82) is 0 Å². The summed E-state index contributed by atoms with van der Waals surface area (Å²) in [5, 5.41) is 12.1. The fourth-order valence-corrected chi connectivity index (χ4v) is 3.24. The summed E-state index contributed by atoms with van der Waals surface area (Å²) in [5.41, 5.74) is 2.27. The van der Waals surface area contributed by atoms with Gasteiger partial charge < -0.3 is 10.1 Å². The maximum absolute atomic E-state index is 11.5. The van der Waals surface area contributed by atoms with Crippen molar-refractivity contribution in [2.45, 2.75) is 37.6 Å². The Morgan fingerprint density at radius 1 is 1.32 bits per heavy atom. The van der Waals surface area contributed by atoms with Gasteiger partial charge in [-0.15, -0.1) is 10.2 Å². The van der Waals surface area contributed by atoms with Gasteiger partial charge in [0, 0.05) is 5.69 Å². The summed E-state index contributed by atoms with van der Waals surface area (Å²) in [4.78, 5) is 11.5. The lowest BCUT2D eigenvalue weighted by Gasteiger charge is -2.05. The number of nitrogens with one attached hydrogen (secondary N) is 1. The third-order valence-corrected chi connectivity index (χ3v) is 4.65. The number of hydrogen-bond donors (Lipinski definition) is 1. The number of carbonyl (C=O) groups excluding carboxylic acids is 1. The highest BCUT2D eigenvalue weighted by atomic mass is 32.2. The fraction of sp³-hybridized carbons (Fsp3) is 0.400. The third kappa shape index (κ3) is 5.31. The summed E-state index contributed by atoms with van der Waals surface area (Å²) in [6.07, 6.45) is 0.928. The first-order chi connectivity index (χ1) is 10.6. The van der Waals surface area contributed by atoms with Crippen LogP contribution in [0.15, 0.2) is 28.6 Å². The van der Waals surface area contributed by atoms with E-state index in [0.717, 1.165) is 16.4 Å². The minimum atomic E-state index is -0.236. The van der Waals surface area contributed by atoms with E-state index in [1.165, 1.54) is 28.7 Å². The molecule has 1 aromatic carbocycles. The van der Waals surface area contributed by atoms with Crippen LogP contribution in [0.4, 0.5) is 10.8 Å². The maximum atomic E-state index is 11.5. The van der Waals surface area contributed by atoms with Gasteiger partial charge >= 0.3 is 5.97 Å². The van der Waals surface area contributed by atoms with Crippen molar-refractivity contribution in [2.75, 3.05) is 11.1 Å². The average Bonchev–Trinajstić information content (AvgIpc) is 2.93. The molecule has 2 aromatic rings. The summed E-state index contributed by atoms with van der Waals surface area (Å²) < 4.78 is 5.82. The summed E-state index contributed by atoms with van der Waals surface area (Å²) in [5.74, 6) is 0.0118. The summed E-state index contributed by atoms with van der Waals surface area (Å²) in [6, 6.07) is 8.21. The van der Waals surface area contributed by atoms with Crippen LogP contribution in [0.2, 0.25) is 0 Å². The number of benzene rings is 1. The number of nitrogens with zero attached hydrogens (tertiary/aromatic N) is 2. The fourth-order valence-electron chi connectivity index (χ4n) is 1.68. The monoisotopic (exact) mass is 337 g/mol. The molecule has 0 amide bonds. The van der Waals surface area contributed by atoms with E-state index < -0.39 is 0 Å². The zero-order chi connectivity index (χ0) is 15.9. The molecule has 1 aromatic heterocycles. The van der Waals surface area contributed by atoms with Gasteiger partial charge in [0.15, 0.2) is 4.34 Å². The molecule has 1 heterocycles. The van der Waals surface area contributed by atoms with E-state index in [4.69, 9.17) is 4.74 Å². The molecule has 0 spiro atoms. The summed E-state index contributed by atoms with van der Waals surface area (Å²) >= 11 is 2.76. The lowest BCUT2D eigenvalue weighted by atomic mass is 10.1. The molecule has 1 N–H and O–H groups in total. The summed E-state index contributed by atoms with van der Waals surface area (Å²) in [7, 11) is 0. The van der Waals surface area contributed by atoms with Crippen molar-refractivity contribution < 1.29 is 9.53 Å². The van der Waals surface area contributed by atoms with E-state index in [1.54, 1.807) is 0 Å². The molecular weight excluding hydrogens is 318 g/mol. The van der Waals surface area contributed by atoms with Crippen molar-refractivity contribution in [3.8, 4) is 0 Å². The van der Waals surface area contributed by atoms with Crippen LogP contribution in [0.25, 0.3) is 0 Å². The number of esters is 1. The highest BCUT2D eigenvalue weighted by Crippen LogP contribution is 2.27. The van der Waals surface area contributed by atoms with Gasteiger partial charge in [-0.05, 0) is 38.0 Å². The van der Waals surface area contributed by atoms with Crippen LogP contribution >= 0.6 is 23.1 Å². The molecule has 0 radical (unpaired) electrons. The Hall–Kier alpha value is -1.60. The van der Waals surface area contributed by atoms with Gasteiger partial charge in [-0.2, -0.15) is 0 Å². The predicted octanol–water partition coefficient (Wildman–Crippen LogP) is 3.89. The zero-order valence-corrected chi connectivity index (χ0v) is 14.5. The van der Waals surface area contributed by atoms with Crippen LogP contribution in [0.5, 0.6) is 0 Å². The quantitative estimate of drug-likeness (QED) is 0.611. The molecule has 0 saturated heterocycles. The minimum Gasteiger partial charge on any atom is -0.462 e. The van der Waals surface area contributed by atoms with Crippen LogP contribution in [-0.2, 0) is 16.0 Å². The van der Waals surface area contributed by atoms with Gasteiger partial charge in [-0.25, -0.2) is 0 Å². The number of ether oxygens (including phenoxy) is 1. The molecule has 0 fully saturated rings. The van der Waals surface area contributed by atoms with Gasteiger partial charge in [0.25, 0.3) is 0 Å². The largest absolute Gasteiger partial charge is 0.462 e. The minimum absolute atomic E-state index is 0.0918.